The minimum atomic E-state index is -1.02. The van der Waals surface area contributed by atoms with Crippen LogP contribution in [0, 0.1) is 31.3 Å². The lowest BCUT2D eigenvalue weighted by Crippen LogP contribution is -2.22. The number of nitrogens with one attached hydrogen (secondary N) is 2. The van der Waals surface area contributed by atoms with Crippen LogP contribution in [0.5, 0.6) is 0 Å². The van der Waals surface area contributed by atoms with Crippen LogP contribution in [0.2, 0.25) is 0 Å². The fourth-order valence-corrected chi connectivity index (χ4v) is 3.43. The molecule has 0 saturated carbocycles. The molecule has 0 atom stereocenters. The van der Waals surface area contributed by atoms with Crippen molar-refractivity contribution in [3.05, 3.63) is 99.1 Å². The number of carbonyl (C=O) groups excluding carboxylic acids is 1. The third kappa shape index (κ3) is 3.82. The molecule has 7 heteroatoms. The molecular formula is C24H17F3N2O2. The minimum Gasteiger partial charge on any atom is -0.350 e. The molecule has 0 bridgehead atoms. The van der Waals surface area contributed by atoms with Crippen molar-refractivity contribution in [1.82, 2.24) is 4.98 Å². The monoisotopic (exact) mass is 422 g/mol. The number of aromatic nitrogens is 1. The number of H-pyrrole nitrogens is 1. The van der Waals surface area contributed by atoms with Gasteiger partial charge in [-0.25, -0.2) is 13.2 Å². The number of aromatic amines is 1. The Kier molecular flexibility index (Phi) is 5.10. The van der Waals surface area contributed by atoms with Crippen LogP contribution in [-0.4, -0.2) is 10.9 Å². The SMILES string of the molecule is Cc1ccc2[nH]c(C(=O)Nc3c(F)cc(-c4cccc(F)c4)cc3F)c(C)c(=O)c2c1. The van der Waals surface area contributed by atoms with E-state index in [0.29, 0.717) is 16.5 Å². The normalized spacial score (nSPS) is 11.0. The zero-order valence-corrected chi connectivity index (χ0v) is 16.6. The number of hydrogen-bond acceptors (Lipinski definition) is 2. The first-order chi connectivity index (χ1) is 14.7. The Morgan fingerprint density at radius 1 is 0.903 bits per heavy atom. The number of aryl methyl sites for hydroxylation is 1. The Morgan fingerprint density at radius 3 is 2.29 bits per heavy atom. The van der Waals surface area contributed by atoms with Crippen LogP contribution in [0.1, 0.15) is 21.6 Å². The summed E-state index contributed by atoms with van der Waals surface area (Å²) in [7, 11) is 0. The summed E-state index contributed by atoms with van der Waals surface area (Å²) < 4.78 is 42.7. The van der Waals surface area contributed by atoms with E-state index in [1.807, 2.05) is 6.92 Å². The smallest absolute Gasteiger partial charge is 0.272 e. The maximum absolute atomic E-state index is 14.6. The molecule has 1 amide bonds. The average Bonchev–Trinajstić information content (AvgIpc) is 2.73. The van der Waals surface area contributed by atoms with E-state index in [1.165, 1.54) is 25.1 Å². The number of benzene rings is 3. The van der Waals surface area contributed by atoms with Crippen molar-refractivity contribution in [2.75, 3.05) is 5.32 Å². The van der Waals surface area contributed by atoms with Gasteiger partial charge in [-0.05, 0) is 61.4 Å². The standard InChI is InChI=1S/C24H17F3N2O2/c1-12-6-7-20-17(8-12)23(30)13(2)21(28-20)24(31)29-22-18(26)10-15(11-19(22)27)14-4-3-5-16(25)9-14/h3-11H,1-2H3,(H,28,30)(H,29,31). The summed E-state index contributed by atoms with van der Waals surface area (Å²) in [5.74, 6) is -3.44. The lowest BCUT2D eigenvalue weighted by Gasteiger charge is -2.12. The van der Waals surface area contributed by atoms with Gasteiger partial charge in [-0.15, -0.1) is 0 Å². The van der Waals surface area contributed by atoms with Gasteiger partial charge in [-0.1, -0.05) is 23.8 Å². The summed E-state index contributed by atoms with van der Waals surface area (Å²) in [6, 6.07) is 12.5. The van der Waals surface area contributed by atoms with Crippen molar-refractivity contribution in [2.24, 2.45) is 0 Å². The second-order valence-corrected chi connectivity index (χ2v) is 7.28. The lowest BCUT2D eigenvalue weighted by atomic mass is 10.0. The predicted molar refractivity (Wildman–Crippen MR) is 114 cm³/mol. The van der Waals surface area contributed by atoms with Gasteiger partial charge in [-0.3, -0.25) is 9.59 Å². The fourth-order valence-electron chi connectivity index (χ4n) is 3.43. The number of rotatable bonds is 3. The van der Waals surface area contributed by atoms with Gasteiger partial charge in [0.25, 0.3) is 5.91 Å². The molecule has 1 aromatic heterocycles. The van der Waals surface area contributed by atoms with E-state index in [4.69, 9.17) is 0 Å². The van der Waals surface area contributed by atoms with E-state index in [1.54, 1.807) is 18.2 Å². The maximum Gasteiger partial charge on any atom is 0.272 e. The number of pyridine rings is 1. The third-order valence-electron chi connectivity index (χ3n) is 5.06. The van der Waals surface area contributed by atoms with Gasteiger partial charge >= 0.3 is 0 Å². The maximum atomic E-state index is 14.6. The van der Waals surface area contributed by atoms with E-state index < -0.39 is 29.0 Å². The van der Waals surface area contributed by atoms with Crippen molar-refractivity contribution in [3.8, 4) is 11.1 Å². The average molecular weight is 422 g/mol. The van der Waals surface area contributed by atoms with Gasteiger partial charge < -0.3 is 10.3 Å². The van der Waals surface area contributed by atoms with Crippen LogP contribution in [-0.2, 0) is 0 Å². The molecule has 2 N–H and O–H groups in total. The lowest BCUT2D eigenvalue weighted by molar-refractivity contribution is 0.102. The summed E-state index contributed by atoms with van der Waals surface area (Å²) >= 11 is 0. The van der Waals surface area contributed by atoms with Crippen LogP contribution < -0.4 is 10.7 Å². The van der Waals surface area contributed by atoms with Crippen LogP contribution in [0.15, 0.2) is 59.4 Å². The van der Waals surface area contributed by atoms with Gasteiger partial charge in [0.1, 0.15) is 28.8 Å². The van der Waals surface area contributed by atoms with Crippen LogP contribution >= 0.6 is 0 Å². The quantitative estimate of drug-likeness (QED) is 0.459. The molecule has 4 nitrogen and oxygen atoms in total. The molecule has 4 aromatic rings. The van der Waals surface area contributed by atoms with E-state index in [9.17, 15) is 22.8 Å². The summed E-state index contributed by atoms with van der Waals surface area (Å²) in [6.07, 6.45) is 0. The molecule has 0 radical (unpaired) electrons. The van der Waals surface area contributed by atoms with Crippen molar-refractivity contribution in [3.63, 3.8) is 0 Å². The van der Waals surface area contributed by atoms with E-state index in [2.05, 4.69) is 10.3 Å². The summed E-state index contributed by atoms with van der Waals surface area (Å²) in [6.45, 7) is 3.31. The molecular weight excluding hydrogens is 405 g/mol. The van der Waals surface area contributed by atoms with Gasteiger partial charge in [0.2, 0.25) is 0 Å². The van der Waals surface area contributed by atoms with Gasteiger partial charge in [0.15, 0.2) is 5.43 Å². The molecule has 0 fully saturated rings. The molecule has 3 aromatic carbocycles. The van der Waals surface area contributed by atoms with E-state index in [-0.39, 0.29) is 22.2 Å². The highest BCUT2D eigenvalue weighted by atomic mass is 19.1. The minimum absolute atomic E-state index is 0.0886. The number of hydrogen-bond donors (Lipinski definition) is 2. The summed E-state index contributed by atoms with van der Waals surface area (Å²) in [5, 5.41) is 2.62. The highest BCUT2D eigenvalue weighted by molar-refractivity contribution is 6.05. The molecule has 0 aliphatic carbocycles. The number of carbonyl (C=O) groups is 1. The van der Waals surface area contributed by atoms with E-state index in [0.717, 1.165) is 23.8 Å². The highest BCUT2D eigenvalue weighted by Crippen LogP contribution is 2.28. The first-order valence-electron chi connectivity index (χ1n) is 9.44. The van der Waals surface area contributed by atoms with Crippen LogP contribution in [0.4, 0.5) is 18.9 Å². The highest BCUT2D eigenvalue weighted by Gasteiger charge is 2.20. The van der Waals surface area contributed by atoms with Crippen molar-refractivity contribution >= 4 is 22.5 Å². The first kappa shape index (κ1) is 20.4. The topological polar surface area (TPSA) is 62.0 Å². The van der Waals surface area contributed by atoms with Gasteiger partial charge in [0.05, 0.1) is 0 Å². The van der Waals surface area contributed by atoms with Crippen LogP contribution in [0.25, 0.3) is 22.0 Å². The van der Waals surface area contributed by atoms with Gasteiger partial charge in [-0.2, -0.15) is 0 Å². The second kappa shape index (κ2) is 7.75. The van der Waals surface area contributed by atoms with Crippen molar-refractivity contribution < 1.29 is 18.0 Å². The number of fused-ring (bicyclic) bond motifs is 1. The Bertz CT molecular complexity index is 1390. The third-order valence-corrected chi connectivity index (χ3v) is 5.06. The summed E-state index contributed by atoms with van der Waals surface area (Å²) in [5.41, 5.74) is 0.784. The van der Waals surface area contributed by atoms with Crippen molar-refractivity contribution in [1.29, 1.82) is 0 Å². The molecule has 0 saturated heterocycles. The predicted octanol–water partition coefficient (Wildman–Crippen LogP) is 5.48. The second-order valence-electron chi connectivity index (χ2n) is 7.28. The molecule has 0 unspecified atom stereocenters. The molecule has 0 spiro atoms. The van der Waals surface area contributed by atoms with Gasteiger partial charge in [0, 0.05) is 16.5 Å². The molecule has 0 aliphatic heterocycles. The Hall–Kier alpha value is -3.87. The van der Waals surface area contributed by atoms with E-state index >= 15 is 0 Å². The molecule has 31 heavy (non-hydrogen) atoms. The number of halogens is 3. The zero-order valence-electron chi connectivity index (χ0n) is 16.6. The Labute approximate surface area is 175 Å². The zero-order chi connectivity index (χ0) is 22.3. The molecule has 4 rings (SSSR count). The number of amides is 1. The summed E-state index contributed by atoms with van der Waals surface area (Å²) in [4.78, 5) is 28.2. The van der Waals surface area contributed by atoms with Crippen LogP contribution in [0.3, 0.4) is 0 Å². The largest absolute Gasteiger partial charge is 0.350 e. The molecule has 1 heterocycles. The number of anilines is 1. The fraction of sp³-hybridized carbons (Fsp3) is 0.0833. The molecule has 156 valence electrons. The Morgan fingerprint density at radius 2 is 1.61 bits per heavy atom. The Balaban J connectivity index is 1.71. The first-order valence-corrected chi connectivity index (χ1v) is 9.44. The van der Waals surface area contributed by atoms with Crippen molar-refractivity contribution in [2.45, 2.75) is 13.8 Å². The molecule has 0 aliphatic rings.